The molecule has 0 unspecified atom stereocenters. The first kappa shape index (κ1) is 16.0. The third kappa shape index (κ3) is 4.09. The molecule has 2 amide bonds. The lowest BCUT2D eigenvalue weighted by Crippen LogP contribution is -2.45. The number of carbonyl (C=O) groups is 2. The number of carbonyl (C=O) groups excluding carboxylic acids is 2. The minimum Gasteiger partial charge on any atom is -0.353 e. The molecule has 1 aliphatic heterocycles. The zero-order valence-electron chi connectivity index (χ0n) is 13.7. The Morgan fingerprint density at radius 1 is 1.30 bits per heavy atom. The van der Waals surface area contributed by atoms with Gasteiger partial charge in [0.15, 0.2) is 0 Å². The molecule has 3 rings (SSSR count). The van der Waals surface area contributed by atoms with E-state index in [1.54, 1.807) is 18.5 Å². The number of pyridine rings is 1. The topological polar surface area (TPSA) is 62.3 Å². The summed E-state index contributed by atoms with van der Waals surface area (Å²) in [6.07, 6.45) is 8.06. The molecular formula is C18H25N3O2. The van der Waals surface area contributed by atoms with Crippen LogP contribution in [0.3, 0.4) is 0 Å². The molecule has 124 valence electrons. The van der Waals surface area contributed by atoms with Crippen molar-refractivity contribution in [2.75, 3.05) is 13.1 Å². The van der Waals surface area contributed by atoms with Crippen LogP contribution in [0.5, 0.6) is 0 Å². The quantitative estimate of drug-likeness (QED) is 0.906. The SMILES string of the molecule is CC[C@H]1CN(C(=O)c2cccnc2)CC[C@H]1CC(=O)NC1CC1. The fraction of sp³-hybridized carbons (Fsp3) is 0.611. The maximum absolute atomic E-state index is 12.6. The lowest BCUT2D eigenvalue weighted by atomic mass is 9.81. The summed E-state index contributed by atoms with van der Waals surface area (Å²) in [6, 6.07) is 4.03. The highest BCUT2D eigenvalue weighted by Crippen LogP contribution is 2.30. The third-order valence-electron chi connectivity index (χ3n) is 5.00. The fourth-order valence-corrected chi connectivity index (χ4v) is 3.42. The van der Waals surface area contributed by atoms with E-state index in [0.29, 0.717) is 29.9 Å². The second-order valence-corrected chi connectivity index (χ2v) is 6.76. The van der Waals surface area contributed by atoms with Gasteiger partial charge in [-0.05, 0) is 43.2 Å². The molecule has 1 aromatic rings. The van der Waals surface area contributed by atoms with Crippen molar-refractivity contribution in [2.45, 2.75) is 45.1 Å². The van der Waals surface area contributed by atoms with Crippen LogP contribution in [0.25, 0.3) is 0 Å². The molecule has 0 aromatic carbocycles. The van der Waals surface area contributed by atoms with E-state index in [4.69, 9.17) is 0 Å². The van der Waals surface area contributed by atoms with Crippen LogP contribution in [0, 0.1) is 11.8 Å². The molecule has 1 aromatic heterocycles. The molecule has 1 saturated heterocycles. The molecule has 0 bridgehead atoms. The summed E-state index contributed by atoms with van der Waals surface area (Å²) < 4.78 is 0. The largest absolute Gasteiger partial charge is 0.353 e. The lowest BCUT2D eigenvalue weighted by Gasteiger charge is -2.38. The first-order valence-corrected chi connectivity index (χ1v) is 8.66. The first-order chi connectivity index (χ1) is 11.2. The second kappa shape index (κ2) is 7.11. The fourth-order valence-electron chi connectivity index (χ4n) is 3.42. The van der Waals surface area contributed by atoms with Crippen LogP contribution in [-0.4, -0.2) is 40.8 Å². The van der Waals surface area contributed by atoms with Crippen molar-refractivity contribution in [1.29, 1.82) is 0 Å². The van der Waals surface area contributed by atoms with Crippen LogP contribution in [0.15, 0.2) is 24.5 Å². The molecule has 2 heterocycles. The summed E-state index contributed by atoms with van der Waals surface area (Å²) in [5.74, 6) is 1.02. The van der Waals surface area contributed by atoms with E-state index in [9.17, 15) is 9.59 Å². The zero-order chi connectivity index (χ0) is 16.2. The minimum atomic E-state index is 0.0532. The number of amides is 2. The van der Waals surface area contributed by atoms with Crippen molar-refractivity contribution >= 4 is 11.8 Å². The number of nitrogens with zero attached hydrogens (tertiary/aromatic N) is 2. The van der Waals surface area contributed by atoms with Crippen molar-refractivity contribution < 1.29 is 9.59 Å². The molecule has 2 aliphatic rings. The predicted octanol–water partition coefficient (Wildman–Crippen LogP) is 2.24. The second-order valence-electron chi connectivity index (χ2n) is 6.76. The Balaban J connectivity index is 1.57. The molecule has 5 nitrogen and oxygen atoms in total. The van der Waals surface area contributed by atoms with E-state index in [2.05, 4.69) is 17.2 Å². The monoisotopic (exact) mass is 315 g/mol. The number of hydrogen-bond acceptors (Lipinski definition) is 3. The summed E-state index contributed by atoms with van der Waals surface area (Å²) in [5.41, 5.74) is 0.646. The normalized spacial score (nSPS) is 24.3. The third-order valence-corrected chi connectivity index (χ3v) is 5.00. The Hall–Kier alpha value is -1.91. The summed E-state index contributed by atoms with van der Waals surface area (Å²) in [4.78, 5) is 30.6. The van der Waals surface area contributed by atoms with Gasteiger partial charge in [-0.25, -0.2) is 0 Å². The molecule has 2 atom stereocenters. The maximum Gasteiger partial charge on any atom is 0.255 e. The zero-order valence-corrected chi connectivity index (χ0v) is 13.7. The van der Waals surface area contributed by atoms with Gasteiger partial charge >= 0.3 is 0 Å². The summed E-state index contributed by atoms with van der Waals surface area (Å²) in [7, 11) is 0. The lowest BCUT2D eigenvalue weighted by molar-refractivity contribution is -0.123. The van der Waals surface area contributed by atoms with Crippen molar-refractivity contribution in [3.8, 4) is 0 Å². The molecule has 1 saturated carbocycles. The van der Waals surface area contributed by atoms with Crippen LogP contribution in [0.1, 0.15) is 49.4 Å². The standard InChI is InChI=1S/C18H25N3O2/c1-2-13-12-21(18(23)15-4-3-8-19-11-15)9-7-14(13)10-17(22)20-16-5-6-16/h3-4,8,11,13-14,16H,2,5-7,9-10,12H2,1H3,(H,20,22)/t13-,14-/m0/s1. The van der Waals surface area contributed by atoms with E-state index in [0.717, 1.165) is 38.8 Å². The van der Waals surface area contributed by atoms with Gasteiger partial charge in [0.05, 0.1) is 5.56 Å². The van der Waals surface area contributed by atoms with Crippen LogP contribution in [-0.2, 0) is 4.79 Å². The summed E-state index contributed by atoms with van der Waals surface area (Å²) in [6.45, 7) is 3.62. The molecule has 0 spiro atoms. The summed E-state index contributed by atoms with van der Waals surface area (Å²) in [5, 5.41) is 3.08. The first-order valence-electron chi connectivity index (χ1n) is 8.66. The number of rotatable bonds is 5. The number of hydrogen-bond donors (Lipinski definition) is 1. The van der Waals surface area contributed by atoms with Crippen molar-refractivity contribution in [3.05, 3.63) is 30.1 Å². The number of likely N-dealkylation sites (tertiary alicyclic amines) is 1. The van der Waals surface area contributed by atoms with E-state index in [1.165, 1.54) is 0 Å². The Bertz CT molecular complexity index is 557. The molecular weight excluding hydrogens is 290 g/mol. The van der Waals surface area contributed by atoms with Crippen LogP contribution in [0.4, 0.5) is 0 Å². The predicted molar refractivity (Wildman–Crippen MR) is 87.8 cm³/mol. The maximum atomic E-state index is 12.6. The van der Waals surface area contributed by atoms with Crippen LogP contribution < -0.4 is 5.32 Å². The average Bonchev–Trinajstić information content (AvgIpc) is 3.39. The van der Waals surface area contributed by atoms with Gasteiger partial charge in [-0.15, -0.1) is 0 Å². The van der Waals surface area contributed by atoms with Crippen molar-refractivity contribution in [1.82, 2.24) is 15.2 Å². The number of piperidine rings is 1. The van der Waals surface area contributed by atoms with Crippen LogP contribution >= 0.6 is 0 Å². The number of aromatic nitrogens is 1. The van der Waals surface area contributed by atoms with E-state index >= 15 is 0 Å². The van der Waals surface area contributed by atoms with Gasteiger partial charge in [0.2, 0.25) is 5.91 Å². The van der Waals surface area contributed by atoms with Gasteiger partial charge in [-0.1, -0.05) is 13.3 Å². The van der Waals surface area contributed by atoms with Crippen molar-refractivity contribution in [2.24, 2.45) is 11.8 Å². The Morgan fingerprint density at radius 2 is 2.13 bits per heavy atom. The van der Waals surface area contributed by atoms with Gasteiger partial charge in [0.25, 0.3) is 5.91 Å². The Kier molecular flexibility index (Phi) is 4.94. The average molecular weight is 315 g/mol. The molecule has 5 heteroatoms. The Morgan fingerprint density at radius 3 is 2.78 bits per heavy atom. The smallest absolute Gasteiger partial charge is 0.255 e. The van der Waals surface area contributed by atoms with E-state index in [-0.39, 0.29) is 11.8 Å². The molecule has 2 fully saturated rings. The molecule has 0 radical (unpaired) electrons. The highest BCUT2D eigenvalue weighted by atomic mass is 16.2. The van der Waals surface area contributed by atoms with Gasteiger partial charge in [0.1, 0.15) is 0 Å². The summed E-state index contributed by atoms with van der Waals surface area (Å²) >= 11 is 0. The highest BCUT2D eigenvalue weighted by molar-refractivity contribution is 5.94. The minimum absolute atomic E-state index is 0.0532. The van der Waals surface area contributed by atoms with Crippen LogP contribution in [0.2, 0.25) is 0 Å². The van der Waals surface area contributed by atoms with E-state index in [1.807, 2.05) is 11.0 Å². The molecule has 1 N–H and O–H groups in total. The van der Waals surface area contributed by atoms with Gasteiger partial charge in [0, 0.05) is 37.9 Å². The molecule has 23 heavy (non-hydrogen) atoms. The van der Waals surface area contributed by atoms with Gasteiger partial charge in [-0.2, -0.15) is 0 Å². The van der Waals surface area contributed by atoms with Gasteiger partial charge in [-0.3, -0.25) is 14.6 Å². The highest BCUT2D eigenvalue weighted by Gasteiger charge is 2.33. The molecule has 1 aliphatic carbocycles. The van der Waals surface area contributed by atoms with Gasteiger partial charge < -0.3 is 10.2 Å². The van der Waals surface area contributed by atoms with Crippen molar-refractivity contribution in [3.63, 3.8) is 0 Å². The van der Waals surface area contributed by atoms with E-state index < -0.39 is 0 Å². The number of nitrogens with one attached hydrogen (secondary N) is 1. The Labute approximate surface area is 137 Å².